The van der Waals surface area contributed by atoms with Crippen LogP contribution in [-0.2, 0) is 11.2 Å². The van der Waals surface area contributed by atoms with Crippen LogP contribution < -0.4 is 4.74 Å². The fraction of sp³-hybridized carbons (Fsp3) is 0.500. The van der Waals surface area contributed by atoms with Gasteiger partial charge in [-0.25, -0.2) is 0 Å². The van der Waals surface area contributed by atoms with Crippen LogP contribution >= 0.6 is 0 Å². The first kappa shape index (κ1) is 16.6. The van der Waals surface area contributed by atoms with Gasteiger partial charge in [0, 0.05) is 25.9 Å². The second-order valence-corrected chi connectivity index (χ2v) is 5.65. The highest BCUT2D eigenvalue weighted by Gasteiger charge is 2.11. The standard InChI is InChI=1S/C18H26N2O2/c1-4-10-19(11-5-2)13-8-16-9-14-20-12-6-7-17(18(16)20)22-15(3)21/h6-7,9,12,14H,4-5,8,10-11,13H2,1-3H3. The molecule has 4 nitrogen and oxygen atoms in total. The van der Waals surface area contributed by atoms with Crippen molar-refractivity contribution in [2.75, 3.05) is 19.6 Å². The summed E-state index contributed by atoms with van der Waals surface area (Å²) in [5.74, 6) is 0.367. The number of nitrogens with zero attached hydrogens (tertiary/aromatic N) is 2. The first-order valence-corrected chi connectivity index (χ1v) is 8.15. The van der Waals surface area contributed by atoms with E-state index in [1.165, 1.54) is 25.3 Å². The summed E-state index contributed by atoms with van der Waals surface area (Å²) >= 11 is 0. The van der Waals surface area contributed by atoms with Gasteiger partial charge in [-0.2, -0.15) is 0 Å². The van der Waals surface area contributed by atoms with Crippen LogP contribution in [0, 0.1) is 0 Å². The van der Waals surface area contributed by atoms with Gasteiger partial charge < -0.3 is 14.0 Å². The van der Waals surface area contributed by atoms with E-state index in [4.69, 9.17) is 4.74 Å². The first-order valence-electron chi connectivity index (χ1n) is 8.15. The Hall–Kier alpha value is -1.81. The minimum atomic E-state index is -0.279. The van der Waals surface area contributed by atoms with Crippen molar-refractivity contribution in [3.8, 4) is 5.75 Å². The van der Waals surface area contributed by atoms with Gasteiger partial charge in [-0.15, -0.1) is 0 Å². The van der Waals surface area contributed by atoms with Crippen molar-refractivity contribution in [2.45, 2.75) is 40.0 Å². The molecule has 2 aromatic heterocycles. The molecule has 0 atom stereocenters. The van der Waals surface area contributed by atoms with Gasteiger partial charge in [0.1, 0.15) is 0 Å². The molecule has 0 spiro atoms. The van der Waals surface area contributed by atoms with Gasteiger partial charge in [0.05, 0.1) is 5.52 Å². The molecule has 0 aliphatic heterocycles. The Morgan fingerprint density at radius 2 is 1.86 bits per heavy atom. The molecule has 2 aromatic rings. The van der Waals surface area contributed by atoms with E-state index in [0.717, 1.165) is 31.6 Å². The summed E-state index contributed by atoms with van der Waals surface area (Å²) in [6, 6.07) is 5.88. The van der Waals surface area contributed by atoms with Gasteiger partial charge in [-0.05, 0) is 56.1 Å². The van der Waals surface area contributed by atoms with Crippen LogP contribution in [0.3, 0.4) is 0 Å². The predicted molar refractivity (Wildman–Crippen MR) is 89.4 cm³/mol. The number of carbonyl (C=O) groups is 1. The molecule has 2 heterocycles. The third kappa shape index (κ3) is 4.10. The molecule has 0 N–H and O–H groups in total. The topological polar surface area (TPSA) is 34.0 Å². The Kier molecular flexibility index (Phi) is 6.01. The van der Waals surface area contributed by atoms with Crippen LogP contribution in [0.4, 0.5) is 0 Å². The van der Waals surface area contributed by atoms with Gasteiger partial charge in [0.2, 0.25) is 0 Å². The van der Waals surface area contributed by atoms with Crippen molar-refractivity contribution < 1.29 is 9.53 Å². The molecule has 22 heavy (non-hydrogen) atoms. The van der Waals surface area contributed by atoms with Gasteiger partial charge in [-0.3, -0.25) is 4.79 Å². The lowest BCUT2D eigenvalue weighted by Crippen LogP contribution is -2.27. The summed E-state index contributed by atoms with van der Waals surface area (Å²) < 4.78 is 7.38. The van der Waals surface area contributed by atoms with Crippen LogP contribution in [0.5, 0.6) is 5.75 Å². The number of aromatic nitrogens is 1. The van der Waals surface area contributed by atoms with E-state index < -0.39 is 0 Å². The number of esters is 1. The fourth-order valence-electron chi connectivity index (χ4n) is 2.89. The third-order valence-corrected chi connectivity index (χ3v) is 3.76. The summed E-state index contributed by atoms with van der Waals surface area (Å²) in [6.07, 6.45) is 7.34. The minimum absolute atomic E-state index is 0.279. The lowest BCUT2D eigenvalue weighted by molar-refractivity contribution is -0.131. The Morgan fingerprint density at radius 1 is 1.14 bits per heavy atom. The molecule has 0 unspecified atom stereocenters. The number of rotatable bonds is 8. The Morgan fingerprint density at radius 3 is 2.50 bits per heavy atom. The molecule has 0 amide bonds. The summed E-state index contributed by atoms with van der Waals surface area (Å²) in [4.78, 5) is 13.8. The molecule has 120 valence electrons. The molecule has 0 saturated carbocycles. The van der Waals surface area contributed by atoms with E-state index in [2.05, 4.69) is 24.8 Å². The number of ether oxygens (including phenoxy) is 1. The zero-order chi connectivity index (χ0) is 15.9. The van der Waals surface area contributed by atoms with Crippen LogP contribution in [-0.4, -0.2) is 34.9 Å². The van der Waals surface area contributed by atoms with E-state index in [-0.39, 0.29) is 5.97 Å². The lowest BCUT2D eigenvalue weighted by atomic mass is 10.1. The predicted octanol–water partition coefficient (Wildman–Crippen LogP) is 3.53. The Labute approximate surface area is 132 Å². The highest BCUT2D eigenvalue weighted by molar-refractivity contribution is 5.75. The summed E-state index contributed by atoms with van der Waals surface area (Å²) in [5.41, 5.74) is 2.24. The van der Waals surface area contributed by atoms with E-state index in [0.29, 0.717) is 5.75 Å². The second-order valence-electron chi connectivity index (χ2n) is 5.65. The lowest BCUT2D eigenvalue weighted by Gasteiger charge is -2.20. The molecular weight excluding hydrogens is 276 g/mol. The van der Waals surface area contributed by atoms with Crippen LogP contribution in [0.1, 0.15) is 39.2 Å². The molecule has 4 heteroatoms. The van der Waals surface area contributed by atoms with Crippen molar-refractivity contribution in [2.24, 2.45) is 0 Å². The SMILES string of the molecule is CCCN(CCC)CCc1ccn2cccc(OC(C)=O)c12. The van der Waals surface area contributed by atoms with Crippen molar-refractivity contribution in [3.05, 3.63) is 36.2 Å². The van der Waals surface area contributed by atoms with E-state index in [1.54, 1.807) is 0 Å². The number of fused-ring (bicyclic) bond motifs is 1. The fourth-order valence-corrected chi connectivity index (χ4v) is 2.89. The molecule has 0 aliphatic carbocycles. The maximum absolute atomic E-state index is 11.3. The quantitative estimate of drug-likeness (QED) is 0.700. The monoisotopic (exact) mass is 302 g/mol. The number of carbonyl (C=O) groups excluding carboxylic acids is 1. The molecular formula is C18H26N2O2. The van der Waals surface area contributed by atoms with Crippen LogP contribution in [0.2, 0.25) is 0 Å². The zero-order valence-corrected chi connectivity index (χ0v) is 13.8. The molecule has 0 bridgehead atoms. The number of hydrogen-bond acceptors (Lipinski definition) is 3. The highest BCUT2D eigenvalue weighted by atomic mass is 16.5. The number of hydrogen-bond donors (Lipinski definition) is 0. The average Bonchev–Trinajstić information content (AvgIpc) is 2.89. The summed E-state index contributed by atoms with van der Waals surface area (Å²) in [5, 5.41) is 0. The van der Waals surface area contributed by atoms with E-state index >= 15 is 0 Å². The van der Waals surface area contributed by atoms with Crippen LogP contribution in [0.25, 0.3) is 5.52 Å². The Bertz CT molecular complexity index is 613. The van der Waals surface area contributed by atoms with Crippen LogP contribution in [0.15, 0.2) is 30.6 Å². The number of pyridine rings is 1. The molecule has 0 fully saturated rings. The minimum Gasteiger partial charge on any atom is -0.424 e. The largest absolute Gasteiger partial charge is 0.424 e. The van der Waals surface area contributed by atoms with E-state index in [9.17, 15) is 4.79 Å². The maximum atomic E-state index is 11.3. The summed E-state index contributed by atoms with van der Waals surface area (Å²) in [6.45, 7) is 9.18. The molecule has 0 radical (unpaired) electrons. The molecule has 0 saturated heterocycles. The van der Waals surface area contributed by atoms with Gasteiger partial charge in [0.15, 0.2) is 5.75 Å². The smallest absolute Gasteiger partial charge is 0.308 e. The molecule has 0 aromatic carbocycles. The Balaban J connectivity index is 2.18. The van der Waals surface area contributed by atoms with Gasteiger partial charge in [0.25, 0.3) is 0 Å². The molecule has 0 aliphatic rings. The summed E-state index contributed by atoms with van der Waals surface area (Å²) in [7, 11) is 0. The molecule has 2 rings (SSSR count). The normalized spacial score (nSPS) is 11.3. The van der Waals surface area contributed by atoms with E-state index in [1.807, 2.05) is 28.9 Å². The average molecular weight is 302 g/mol. The van der Waals surface area contributed by atoms with Crippen molar-refractivity contribution >= 4 is 11.5 Å². The highest BCUT2D eigenvalue weighted by Crippen LogP contribution is 2.25. The third-order valence-electron chi connectivity index (χ3n) is 3.76. The van der Waals surface area contributed by atoms with Gasteiger partial charge >= 0.3 is 5.97 Å². The van der Waals surface area contributed by atoms with Crippen molar-refractivity contribution in [3.63, 3.8) is 0 Å². The van der Waals surface area contributed by atoms with Gasteiger partial charge in [-0.1, -0.05) is 13.8 Å². The first-order chi connectivity index (χ1) is 10.7. The van der Waals surface area contributed by atoms with Crippen molar-refractivity contribution in [1.29, 1.82) is 0 Å². The van der Waals surface area contributed by atoms with Crippen molar-refractivity contribution in [1.82, 2.24) is 9.30 Å². The maximum Gasteiger partial charge on any atom is 0.308 e. The second kappa shape index (κ2) is 7.99. The zero-order valence-electron chi connectivity index (χ0n) is 13.8.